The van der Waals surface area contributed by atoms with Crippen LogP contribution >= 0.6 is 11.6 Å². The van der Waals surface area contributed by atoms with E-state index in [2.05, 4.69) is 10.1 Å². The molecule has 146 valence electrons. The Labute approximate surface area is 164 Å². The first kappa shape index (κ1) is 19.8. The Balaban J connectivity index is 2.21. The summed E-state index contributed by atoms with van der Waals surface area (Å²) in [5, 5.41) is 12.6. The maximum atomic E-state index is 14.6. The van der Waals surface area contributed by atoms with Crippen LogP contribution in [0, 0.1) is 5.82 Å². The first-order chi connectivity index (χ1) is 13.2. The molecule has 3 aromatic rings. The van der Waals surface area contributed by atoms with Crippen LogP contribution in [-0.4, -0.2) is 46.3 Å². The summed E-state index contributed by atoms with van der Waals surface area (Å²) < 4.78 is 41.6. The van der Waals surface area contributed by atoms with E-state index in [1.54, 1.807) is 0 Å². The van der Waals surface area contributed by atoms with Crippen LogP contribution in [0.25, 0.3) is 5.69 Å². The molecule has 0 saturated heterocycles. The zero-order chi connectivity index (χ0) is 20.5. The first-order valence-corrected chi connectivity index (χ1v) is 9.70. The number of sulfone groups is 1. The molecule has 0 fully saturated rings. The molecule has 0 radical (unpaired) electrons. The quantitative estimate of drug-likeness (QED) is 0.675. The predicted molar refractivity (Wildman–Crippen MR) is 97.7 cm³/mol. The molecule has 0 unspecified atom stereocenters. The minimum absolute atomic E-state index is 0.114. The standard InChI is InChI=1S/C17H14ClFN4O4S/c1-22(17(24)25)10-11-8-15(28(26,27)12-4-3-7-20-9-12)23(21-11)14-6-2-5-13(18)16(14)19/h2-9H,10H2,1H3,(H,24,25). The molecule has 1 N–H and O–H groups in total. The molecule has 0 aliphatic carbocycles. The molecule has 11 heteroatoms. The lowest BCUT2D eigenvalue weighted by Crippen LogP contribution is -2.24. The van der Waals surface area contributed by atoms with Crippen LogP contribution in [0.5, 0.6) is 0 Å². The van der Waals surface area contributed by atoms with Gasteiger partial charge in [-0.2, -0.15) is 5.10 Å². The van der Waals surface area contributed by atoms with E-state index in [9.17, 15) is 17.6 Å². The van der Waals surface area contributed by atoms with Gasteiger partial charge in [-0.15, -0.1) is 0 Å². The minimum Gasteiger partial charge on any atom is -0.465 e. The zero-order valence-corrected chi connectivity index (χ0v) is 16.0. The van der Waals surface area contributed by atoms with Crippen molar-refractivity contribution in [3.05, 3.63) is 65.3 Å². The van der Waals surface area contributed by atoms with Crippen molar-refractivity contribution in [2.75, 3.05) is 7.05 Å². The molecule has 3 rings (SSSR count). The third-order valence-electron chi connectivity index (χ3n) is 3.83. The van der Waals surface area contributed by atoms with E-state index in [0.29, 0.717) is 0 Å². The fourth-order valence-corrected chi connectivity index (χ4v) is 3.97. The summed E-state index contributed by atoms with van der Waals surface area (Å²) in [6.07, 6.45) is 1.35. The van der Waals surface area contributed by atoms with E-state index in [-0.39, 0.29) is 32.9 Å². The van der Waals surface area contributed by atoms with Gasteiger partial charge in [-0.05, 0) is 24.3 Å². The third kappa shape index (κ3) is 3.69. The average molecular weight is 425 g/mol. The fraction of sp³-hybridized carbons (Fsp3) is 0.118. The van der Waals surface area contributed by atoms with Gasteiger partial charge in [0.25, 0.3) is 0 Å². The van der Waals surface area contributed by atoms with Crippen molar-refractivity contribution in [3.63, 3.8) is 0 Å². The van der Waals surface area contributed by atoms with Crippen molar-refractivity contribution in [1.29, 1.82) is 0 Å². The molecule has 0 saturated carbocycles. The summed E-state index contributed by atoms with van der Waals surface area (Å²) in [7, 11) is -2.82. The Bertz CT molecular complexity index is 1140. The number of amides is 1. The van der Waals surface area contributed by atoms with Gasteiger partial charge < -0.3 is 10.0 Å². The van der Waals surface area contributed by atoms with Crippen molar-refractivity contribution in [3.8, 4) is 5.69 Å². The third-order valence-corrected chi connectivity index (χ3v) is 5.83. The number of pyridine rings is 1. The molecular weight excluding hydrogens is 411 g/mol. The van der Waals surface area contributed by atoms with Crippen LogP contribution in [0.15, 0.2) is 58.7 Å². The van der Waals surface area contributed by atoms with Crippen molar-refractivity contribution in [1.82, 2.24) is 19.7 Å². The molecular formula is C17H14ClFN4O4S. The van der Waals surface area contributed by atoms with E-state index >= 15 is 0 Å². The van der Waals surface area contributed by atoms with E-state index in [1.165, 1.54) is 49.6 Å². The maximum Gasteiger partial charge on any atom is 0.407 e. The van der Waals surface area contributed by atoms with Gasteiger partial charge in [0.15, 0.2) is 10.8 Å². The number of aromatic nitrogens is 3. The van der Waals surface area contributed by atoms with Crippen LogP contribution in [0.2, 0.25) is 5.02 Å². The number of hydrogen-bond acceptors (Lipinski definition) is 5. The smallest absolute Gasteiger partial charge is 0.407 e. The molecule has 2 heterocycles. The molecule has 28 heavy (non-hydrogen) atoms. The van der Waals surface area contributed by atoms with Crippen LogP contribution in [0.4, 0.5) is 9.18 Å². The first-order valence-electron chi connectivity index (χ1n) is 7.84. The van der Waals surface area contributed by atoms with Gasteiger partial charge >= 0.3 is 6.09 Å². The molecule has 0 aliphatic rings. The second-order valence-electron chi connectivity index (χ2n) is 5.79. The molecule has 0 aliphatic heterocycles. The van der Waals surface area contributed by atoms with Gasteiger partial charge in [0, 0.05) is 25.5 Å². The van der Waals surface area contributed by atoms with Gasteiger partial charge in [-0.25, -0.2) is 22.3 Å². The van der Waals surface area contributed by atoms with E-state index in [0.717, 1.165) is 15.8 Å². The maximum absolute atomic E-state index is 14.6. The summed E-state index contributed by atoms with van der Waals surface area (Å²) in [5.74, 6) is -0.854. The highest BCUT2D eigenvalue weighted by molar-refractivity contribution is 7.91. The number of carboxylic acid groups (broad SMARTS) is 1. The lowest BCUT2D eigenvalue weighted by Gasteiger charge is -2.10. The number of carbonyl (C=O) groups is 1. The molecule has 0 spiro atoms. The molecule has 2 aromatic heterocycles. The van der Waals surface area contributed by atoms with Gasteiger partial charge in [-0.1, -0.05) is 17.7 Å². The lowest BCUT2D eigenvalue weighted by atomic mass is 10.3. The fourth-order valence-electron chi connectivity index (χ4n) is 2.44. The molecule has 1 aromatic carbocycles. The monoisotopic (exact) mass is 424 g/mol. The summed E-state index contributed by atoms with van der Waals surface area (Å²) in [6.45, 7) is -0.194. The molecule has 1 amide bonds. The largest absolute Gasteiger partial charge is 0.465 e. The van der Waals surface area contributed by atoms with Crippen LogP contribution < -0.4 is 0 Å². The number of hydrogen-bond donors (Lipinski definition) is 1. The van der Waals surface area contributed by atoms with Crippen molar-refractivity contribution in [2.24, 2.45) is 0 Å². The number of rotatable bonds is 5. The lowest BCUT2D eigenvalue weighted by molar-refractivity contribution is 0.153. The molecule has 8 nitrogen and oxygen atoms in total. The highest BCUT2D eigenvalue weighted by Crippen LogP contribution is 2.28. The summed E-state index contributed by atoms with van der Waals surface area (Å²) in [6, 6.07) is 8.08. The highest BCUT2D eigenvalue weighted by Gasteiger charge is 2.27. The predicted octanol–water partition coefficient (Wildman–Crippen LogP) is 3.00. The van der Waals surface area contributed by atoms with Gasteiger partial charge in [-0.3, -0.25) is 4.98 Å². The normalized spacial score (nSPS) is 11.4. The zero-order valence-electron chi connectivity index (χ0n) is 14.5. The average Bonchev–Trinajstić information content (AvgIpc) is 3.09. The van der Waals surface area contributed by atoms with Crippen LogP contribution in [-0.2, 0) is 16.4 Å². The van der Waals surface area contributed by atoms with Gasteiger partial charge in [0.05, 0.1) is 22.2 Å². The van der Waals surface area contributed by atoms with Crippen molar-refractivity contribution < 1.29 is 22.7 Å². The Morgan fingerprint density at radius 2 is 2.07 bits per heavy atom. The number of benzene rings is 1. The van der Waals surface area contributed by atoms with Gasteiger partial charge in [0.1, 0.15) is 5.69 Å². The Morgan fingerprint density at radius 3 is 2.71 bits per heavy atom. The van der Waals surface area contributed by atoms with Crippen molar-refractivity contribution >= 4 is 27.5 Å². The Hall–Kier alpha value is -2.98. The second kappa shape index (κ2) is 7.56. The highest BCUT2D eigenvalue weighted by atomic mass is 35.5. The number of nitrogens with zero attached hydrogens (tertiary/aromatic N) is 4. The van der Waals surface area contributed by atoms with E-state index in [4.69, 9.17) is 16.7 Å². The Morgan fingerprint density at radius 1 is 1.32 bits per heavy atom. The Kier molecular flexibility index (Phi) is 5.34. The number of halogens is 2. The summed E-state index contributed by atoms with van der Waals surface area (Å²) in [5.41, 5.74) is -0.0639. The summed E-state index contributed by atoms with van der Waals surface area (Å²) in [4.78, 5) is 15.7. The van der Waals surface area contributed by atoms with E-state index in [1.807, 2.05) is 0 Å². The van der Waals surface area contributed by atoms with E-state index < -0.39 is 21.7 Å². The van der Waals surface area contributed by atoms with Gasteiger partial charge in [0.2, 0.25) is 9.84 Å². The molecule has 0 atom stereocenters. The SMILES string of the molecule is CN(Cc1cc(S(=O)(=O)c2cccnc2)n(-c2cccc(Cl)c2F)n1)C(=O)O. The topological polar surface area (TPSA) is 105 Å². The molecule has 0 bridgehead atoms. The van der Waals surface area contributed by atoms with Crippen molar-refractivity contribution in [2.45, 2.75) is 16.5 Å². The minimum atomic E-state index is -4.12. The second-order valence-corrected chi connectivity index (χ2v) is 8.09. The van der Waals surface area contributed by atoms with Crippen LogP contribution in [0.1, 0.15) is 5.69 Å². The van der Waals surface area contributed by atoms with Crippen LogP contribution in [0.3, 0.4) is 0 Å². The summed E-state index contributed by atoms with van der Waals surface area (Å²) >= 11 is 5.82.